The van der Waals surface area contributed by atoms with Crippen LogP contribution in [0.25, 0.3) is 0 Å². The van der Waals surface area contributed by atoms with Crippen molar-refractivity contribution in [1.82, 2.24) is 5.32 Å². The number of amides is 1. The molecule has 1 aliphatic heterocycles. The van der Waals surface area contributed by atoms with Gasteiger partial charge in [-0.3, -0.25) is 4.79 Å². The molecule has 2 nitrogen and oxygen atoms in total. The molecule has 0 radical (unpaired) electrons. The molecular formula is C8H21NO. The Balaban J connectivity index is -0.000000114. The Kier molecular flexibility index (Phi) is 18.3. The van der Waals surface area contributed by atoms with Gasteiger partial charge in [-0.05, 0) is 6.42 Å². The predicted octanol–water partition coefficient (Wildman–Crippen LogP) is 2.19. The van der Waals surface area contributed by atoms with E-state index in [1.165, 1.54) is 0 Å². The summed E-state index contributed by atoms with van der Waals surface area (Å²) in [6, 6.07) is 0. The quantitative estimate of drug-likeness (QED) is 0.559. The Labute approximate surface area is 65.0 Å². The van der Waals surface area contributed by atoms with Crippen LogP contribution in [-0.4, -0.2) is 12.5 Å². The smallest absolute Gasteiger partial charge is 0.220 e. The van der Waals surface area contributed by atoms with Crippen LogP contribution in [0, 0.1) is 0 Å². The van der Waals surface area contributed by atoms with Gasteiger partial charge in [0.15, 0.2) is 0 Å². The molecule has 0 unspecified atom stereocenters. The molecule has 1 fully saturated rings. The first-order chi connectivity index (χ1) is 3.89. The van der Waals surface area contributed by atoms with E-state index in [2.05, 4.69) is 5.32 Å². The first kappa shape index (κ1) is 16.2. The third kappa shape index (κ3) is 7.47. The summed E-state index contributed by atoms with van der Waals surface area (Å²) in [6.07, 6.45) is 1.76. The van der Waals surface area contributed by atoms with Crippen LogP contribution in [0.1, 0.15) is 41.5 Å². The lowest BCUT2D eigenvalue weighted by Gasteiger charge is -1.80. The topological polar surface area (TPSA) is 29.1 Å². The maximum absolute atomic E-state index is 10.1. The number of hydrogen-bond donors (Lipinski definition) is 1. The zero-order chi connectivity index (χ0) is 6.41. The summed E-state index contributed by atoms with van der Waals surface area (Å²) in [6.45, 7) is 4.89. The van der Waals surface area contributed by atoms with Crippen molar-refractivity contribution >= 4 is 5.91 Å². The number of rotatable bonds is 0. The monoisotopic (exact) mass is 147 g/mol. The highest BCUT2D eigenvalue weighted by Crippen LogP contribution is 1.93. The minimum Gasteiger partial charge on any atom is -0.356 e. The lowest BCUT2D eigenvalue weighted by atomic mass is 10.4. The second kappa shape index (κ2) is 11.3. The maximum Gasteiger partial charge on any atom is 0.220 e. The Morgan fingerprint density at radius 3 is 1.90 bits per heavy atom. The first-order valence-electron chi connectivity index (χ1n) is 3.16. The lowest BCUT2D eigenvalue weighted by Crippen LogP contribution is -2.12. The minimum absolute atomic E-state index is 0. The van der Waals surface area contributed by atoms with Crippen molar-refractivity contribution in [2.24, 2.45) is 0 Å². The van der Waals surface area contributed by atoms with E-state index < -0.39 is 0 Å². The first-order valence-corrected chi connectivity index (χ1v) is 3.16. The highest BCUT2D eigenvalue weighted by Gasteiger charge is 2.05. The highest BCUT2D eigenvalue weighted by atomic mass is 16.1. The van der Waals surface area contributed by atoms with Crippen molar-refractivity contribution in [1.29, 1.82) is 0 Å². The van der Waals surface area contributed by atoms with Crippen molar-refractivity contribution in [3.8, 4) is 0 Å². The number of nitrogens with one attached hydrogen (secondary N) is 1. The molecule has 1 heterocycles. The molecule has 0 aromatic rings. The molecule has 0 aromatic carbocycles. The summed E-state index contributed by atoms with van der Waals surface area (Å²) in [4.78, 5) is 10.1. The van der Waals surface area contributed by atoms with Gasteiger partial charge in [0, 0.05) is 13.0 Å². The van der Waals surface area contributed by atoms with Crippen LogP contribution < -0.4 is 5.32 Å². The second-order valence-electron chi connectivity index (χ2n) is 1.45. The van der Waals surface area contributed by atoms with E-state index in [1.807, 2.05) is 13.8 Å². The Morgan fingerprint density at radius 2 is 1.80 bits per heavy atom. The minimum atomic E-state index is 0. The summed E-state index contributed by atoms with van der Waals surface area (Å²) < 4.78 is 0. The van der Waals surface area contributed by atoms with Gasteiger partial charge < -0.3 is 5.32 Å². The van der Waals surface area contributed by atoms with Crippen LogP contribution in [-0.2, 0) is 4.79 Å². The Bertz CT molecular complexity index is 63.7. The van der Waals surface area contributed by atoms with E-state index in [0.717, 1.165) is 19.4 Å². The number of carbonyl (C=O) groups excluding carboxylic acids is 1. The summed E-state index contributed by atoms with van der Waals surface area (Å²) in [5, 5.41) is 2.68. The molecule has 0 saturated carbocycles. The molecule has 2 heteroatoms. The fourth-order valence-corrected chi connectivity index (χ4v) is 0.565. The van der Waals surface area contributed by atoms with E-state index >= 15 is 0 Å². The largest absolute Gasteiger partial charge is 0.356 e. The molecule has 0 aliphatic carbocycles. The highest BCUT2D eigenvalue weighted by molar-refractivity contribution is 5.77. The fraction of sp³-hybridized carbons (Fsp3) is 0.875. The SMILES string of the molecule is C.C.CC.O=C1CCCN1. The van der Waals surface area contributed by atoms with Crippen LogP contribution in [0.4, 0.5) is 0 Å². The fourth-order valence-electron chi connectivity index (χ4n) is 0.565. The van der Waals surface area contributed by atoms with Crippen molar-refractivity contribution in [2.45, 2.75) is 41.5 Å². The average molecular weight is 147 g/mol. The van der Waals surface area contributed by atoms with Crippen molar-refractivity contribution in [3.63, 3.8) is 0 Å². The molecule has 1 saturated heterocycles. The molecule has 1 rings (SSSR count). The van der Waals surface area contributed by atoms with E-state index in [-0.39, 0.29) is 20.8 Å². The van der Waals surface area contributed by atoms with E-state index in [9.17, 15) is 4.79 Å². The van der Waals surface area contributed by atoms with Gasteiger partial charge in [-0.25, -0.2) is 0 Å². The van der Waals surface area contributed by atoms with Crippen LogP contribution in [0.5, 0.6) is 0 Å². The normalized spacial score (nSPS) is 13.2. The molecule has 1 amide bonds. The van der Waals surface area contributed by atoms with Gasteiger partial charge in [0.2, 0.25) is 5.91 Å². The molecule has 0 bridgehead atoms. The molecule has 10 heavy (non-hydrogen) atoms. The van der Waals surface area contributed by atoms with E-state index in [4.69, 9.17) is 0 Å². The third-order valence-electron chi connectivity index (χ3n) is 0.903. The molecule has 64 valence electrons. The van der Waals surface area contributed by atoms with Crippen molar-refractivity contribution < 1.29 is 4.79 Å². The predicted molar refractivity (Wildman–Crippen MR) is 47.1 cm³/mol. The summed E-state index contributed by atoms with van der Waals surface area (Å²) >= 11 is 0. The van der Waals surface area contributed by atoms with E-state index in [0.29, 0.717) is 0 Å². The van der Waals surface area contributed by atoms with Gasteiger partial charge in [0.25, 0.3) is 0 Å². The third-order valence-corrected chi connectivity index (χ3v) is 0.903. The zero-order valence-corrected chi connectivity index (χ0v) is 5.53. The van der Waals surface area contributed by atoms with Gasteiger partial charge in [0.05, 0.1) is 0 Å². The van der Waals surface area contributed by atoms with Gasteiger partial charge >= 0.3 is 0 Å². The Morgan fingerprint density at radius 1 is 1.30 bits per heavy atom. The van der Waals surface area contributed by atoms with Gasteiger partial charge in [0.1, 0.15) is 0 Å². The van der Waals surface area contributed by atoms with Crippen molar-refractivity contribution in [2.75, 3.05) is 6.54 Å². The second-order valence-corrected chi connectivity index (χ2v) is 1.45. The zero-order valence-electron chi connectivity index (χ0n) is 5.53. The lowest BCUT2D eigenvalue weighted by molar-refractivity contribution is -0.119. The van der Waals surface area contributed by atoms with Crippen LogP contribution in [0.15, 0.2) is 0 Å². The number of carbonyl (C=O) groups is 1. The molecule has 0 aromatic heterocycles. The molecule has 0 atom stereocenters. The molecule has 0 spiro atoms. The van der Waals surface area contributed by atoms with Gasteiger partial charge in [-0.1, -0.05) is 28.7 Å². The summed E-state index contributed by atoms with van der Waals surface area (Å²) in [5.41, 5.74) is 0. The van der Waals surface area contributed by atoms with Crippen LogP contribution in [0.3, 0.4) is 0 Å². The Hall–Kier alpha value is -0.530. The summed E-state index contributed by atoms with van der Waals surface area (Å²) in [5.74, 6) is 0.204. The standard InChI is InChI=1S/C4H7NO.C2H6.2CH4/c6-4-2-1-3-5-4;1-2;;/h1-3H2,(H,5,6);1-2H3;2*1H4. The van der Waals surface area contributed by atoms with Crippen LogP contribution >= 0.6 is 0 Å². The maximum atomic E-state index is 10.1. The molecule has 1 aliphatic rings. The molecular weight excluding hydrogens is 126 g/mol. The van der Waals surface area contributed by atoms with Crippen LogP contribution in [0.2, 0.25) is 0 Å². The van der Waals surface area contributed by atoms with Gasteiger partial charge in [-0.2, -0.15) is 0 Å². The molecule has 1 N–H and O–H groups in total. The summed E-state index contributed by atoms with van der Waals surface area (Å²) in [7, 11) is 0. The van der Waals surface area contributed by atoms with E-state index in [1.54, 1.807) is 0 Å². The average Bonchev–Trinajstić information content (AvgIpc) is 2.24. The van der Waals surface area contributed by atoms with Crippen molar-refractivity contribution in [3.05, 3.63) is 0 Å². The van der Waals surface area contributed by atoms with Gasteiger partial charge in [-0.15, -0.1) is 0 Å². The number of hydrogen-bond acceptors (Lipinski definition) is 1.